The van der Waals surface area contributed by atoms with Gasteiger partial charge in [-0.2, -0.15) is 0 Å². The minimum atomic E-state index is -0.332. The molecule has 0 amide bonds. The van der Waals surface area contributed by atoms with Gasteiger partial charge in [-0.25, -0.2) is 0 Å². The molecule has 116 valence electrons. The van der Waals surface area contributed by atoms with E-state index in [-0.39, 0.29) is 16.7 Å². The van der Waals surface area contributed by atoms with Crippen LogP contribution in [0.5, 0.6) is 0 Å². The summed E-state index contributed by atoms with van der Waals surface area (Å²) in [6, 6.07) is 6.81. The van der Waals surface area contributed by atoms with E-state index >= 15 is 0 Å². The first kappa shape index (κ1) is 14.5. The van der Waals surface area contributed by atoms with Gasteiger partial charge in [-0.3, -0.25) is 10.1 Å². The maximum Gasteiger partial charge on any atom is 0.292 e. The first-order valence-corrected chi connectivity index (χ1v) is 7.43. The predicted molar refractivity (Wildman–Crippen MR) is 83.0 cm³/mol. The minimum Gasteiger partial charge on any atom is -0.354 e. The lowest BCUT2D eigenvalue weighted by Gasteiger charge is -2.35. The normalized spacial score (nSPS) is 17.6. The summed E-state index contributed by atoms with van der Waals surface area (Å²) >= 11 is 0. The molecule has 1 atom stereocenters. The number of para-hydroxylation sites is 2. The van der Waals surface area contributed by atoms with Crippen LogP contribution in [0.4, 0.5) is 11.4 Å². The second-order valence-corrected chi connectivity index (χ2v) is 5.84. The summed E-state index contributed by atoms with van der Waals surface area (Å²) < 4.78 is 2.14. The third-order valence-corrected chi connectivity index (χ3v) is 4.12. The highest BCUT2D eigenvalue weighted by Gasteiger charge is 2.31. The van der Waals surface area contributed by atoms with Crippen molar-refractivity contribution in [2.75, 3.05) is 11.4 Å². The number of nitrogens with zero attached hydrogens (tertiary/aromatic N) is 5. The van der Waals surface area contributed by atoms with E-state index < -0.39 is 0 Å². The zero-order chi connectivity index (χ0) is 15.9. The molecular weight excluding hydrogens is 282 g/mol. The van der Waals surface area contributed by atoms with Gasteiger partial charge in [-0.1, -0.05) is 26.0 Å². The van der Waals surface area contributed by atoms with E-state index in [4.69, 9.17) is 0 Å². The molecule has 0 saturated carbocycles. The van der Waals surface area contributed by atoms with Gasteiger partial charge < -0.3 is 9.47 Å². The second-order valence-electron chi connectivity index (χ2n) is 5.84. The number of rotatable bonds is 3. The van der Waals surface area contributed by atoms with Crippen molar-refractivity contribution in [3.8, 4) is 0 Å². The van der Waals surface area contributed by atoms with Crippen LogP contribution in [0.15, 0.2) is 24.3 Å². The molecule has 0 fully saturated rings. The summed E-state index contributed by atoms with van der Waals surface area (Å²) in [5.74, 6) is 2.16. The Morgan fingerprint density at radius 1 is 1.27 bits per heavy atom. The summed E-state index contributed by atoms with van der Waals surface area (Å²) in [5.41, 5.74) is 0.770. The molecule has 1 aromatic carbocycles. The van der Waals surface area contributed by atoms with E-state index in [1.165, 1.54) is 0 Å². The molecule has 7 nitrogen and oxygen atoms in total. The number of benzene rings is 1. The van der Waals surface area contributed by atoms with E-state index in [0.29, 0.717) is 18.2 Å². The first-order valence-electron chi connectivity index (χ1n) is 7.43. The van der Waals surface area contributed by atoms with Crippen LogP contribution >= 0.6 is 0 Å². The van der Waals surface area contributed by atoms with Crippen LogP contribution in [0, 0.1) is 10.1 Å². The topological polar surface area (TPSA) is 77.1 Å². The molecule has 1 aromatic heterocycles. The highest BCUT2D eigenvalue weighted by molar-refractivity contribution is 5.64. The monoisotopic (exact) mass is 301 g/mol. The summed E-state index contributed by atoms with van der Waals surface area (Å²) in [7, 11) is 0. The molecule has 0 saturated heterocycles. The molecule has 2 heterocycles. The lowest BCUT2D eigenvalue weighted by Crippen LogP contribution is -2.38. The van der Waals surface area contributed by atoms with Crippen LogP contribution in [-0.2, 0) is 6.54 Å². The summed E-state index contributed by atoms with van der Waals surface area (Å²) in [4.78, 5) is 13.0. The highest BCUT2D eigenvalue weighted by Crippen LogP contribution is 2.36. The second kappa shape index (κ2) is 5.40. The lowest BCUT2D eigenvalue weighted by atomic mass is 10.1. The van der Waals surface area contributed by atoms with Gasteiger partial charge in [-0.05, 0) is 13.0 Å². The van der Waals surface area contributed by atoms with Crippen molar-refractivity contribution in [1.82, 2.24) is 14.8 Å². The molecule has 7 heteroatoms. The Morgan fingerprint density at radius 2 is 2.00 bits per heavy atom. The van der Waals surface area contributed by atoms with Gasteiger partial charge in [0.25, 0.3) is 5.69 Å². The average Bonchev–Trinajstić information content (AvgIpc) is 2.92. The molecule has 0 aliphatic carbocycles. The van der Waals surface area contributed by atoms with Crippen LogP contribution < -0.4 is 4.90 Å². The number of aromatic nitrogens is 3. The van der Waals surface area contributed by atoms with Crippen LogP contribution in [0.2, 0.25) is 0 Å². The van der Waals surface area contributed by atoms with E-state index in [9.17, 15) is 10.1 Å². The molecule has 22 heavy (non-hydrogen) atoms. The molecule has 1 aliphatic rings. The molecule has 0 bridgehead atoms. The number of nitro groups is 1. The molecule has 0 radical (unpaired) electrons. The smallest absolute Gasteiger partial charge is 0.292 e. The van der Waals surface area contributed by atoms with Crippen molar-refractivity contribution in [3.05, 3.63) is 46.0 Å². The molecule has 1 unspecified atom stereocenters. The van der Waals surface area contributed by atoms with Gasteiger partial charge in [0.15, 0.2) is 5.82 Å². The Bertz CT molecular complexity index is 710. The summed E-state index contributed by atoms with van der Waals surface area (Å²) in [5, 5.41) is 19.9. The van der Waals surface area contributed by atoms with Crippen LogP contribution in [0.3, 0.4) is 0 Å². The standard InChI is InChI=1S/C15H19N5O2/c1-10(2)14-16-17-15-11(3)18(8-9-19(14)15)12-6-4-5-7-13(12)20(21)22/h4-7,10-11H,8-9H2,1-3H3. The van der Waals surface area contributed by atoms with Gasteiger partial charge in [0, 0.05) is 25.1 Å². The number of hydrogen-bond acceptors (Lipinski definition) is 5. The molecule has 1 aliphatic heterocycles. The van der Waals surface area contributed by atoms with Crippen molar-refractivity contribution in [2.24, 2.45) is 0 Å². The van der Waals surface area contributed by atoms with Crippen molar-refractivity contribution >= 4 is 11.4 Å². The van der Waals surface area contributed by atoms with Crippen LogP contribution in [-0.4, -0.2) is 26.2 Å². The Hall–Kier alpha value is -2.44. The fourth-order valence-electron chi connectivity index (χ4n) is 3.02. The third-order valence-electron chi connectivity index (χ3n) is 4.12. The SMILES string of the molecule is CC(C)c1nnc2n1CCN(c1ccccc1[N+](=O)[O-])C2C. The minimum absolute atomic E-state index is 0.0464. The lowest BCUT2D eigenvalue weighted by molar-refractivity contribution is -0.384. The molecule has 2 aromatic rings. The van der Waals surface area contributed by atoms with Gasteiger partial charge in [0.05, 0.1) is 11.0 Å². The van der Waals surface area contributed by atoms with E-state index in [2.05, 4.69) is 28.6 Å². The Kier molecular flexibility index (Phi) is 3.56. The van der Waals surface area contributed by atoms with Crippen LogP contribution in [0.25, 0.3) is 0 Å². The van der Waals surface area contributed by atoms with Gasteiger partial charge >= 0.3 is 0 Å². The van der Waals surface area contributed by atoms with E-state index in [0.717, 1.165) is 18.2 Å². The van der Waals surface area contributed by atoms with Crippen molar-refractivity contribution in [3.63, 3.8) is 0 Å². The number of fused-ring (bicyclic) bond motifs is 1. The Balaban J connectivity index is 2.00. The van der Waals surface area contributed by atoms with E-state index in [1.54, 1.807) is 18.2 Å². The summed E-state index contributed by atoms with van der Waals surface area (Å²) in [6.45, 7) is 7.65. The molecule has 0 spiro atoms. The highest BCUT2D eigenvalue weighted by atomic mass is 16.6. The molecule has 3 rings (SSSR count). The number of anilines is 1. The molecule has 0 N–H and O–H groups in total. The zero-order valence-electron chi connectivity index (χ0n) is 12.9. The third kappa shape index (κ3) is 2.22. The Morgan fingerprint density at radius 3 is 2.68 bits per heavy atom. The first-order chi connectivity index (χ1) is 10.5. The van der Waals surface area contributed by atoms with Crippen molar-refractivity contribution in [2.45, 2.75) is 39.3 Å². The van der Waals surface area contributed by atoms with Crippen molar-refractivity contribution < 1.29 is 4.92 Å². The maximum atomic E-state index is 11.3. The fraction of sp³-hybridized carbons (Fsp3) is 0.467. The van der Waals surface area contributed by atoms with Gasteiger partial charge in [0.1, 0.15) is 11.5 Å². The summed E-state index contributed by atoms with van der Waals surface area (Å²) in [6.07, 6.45) is 0. The number of hydrogen-bond donors (Lipinski definition) is 0. The average molecular weight is 301 g/mol. The predicted octanol–water partition coefficient (Wildman–Crippen LogP) is 2.89. The Labute approximate surface area is 128 Å². The van der Waals surface area contributed by atoms with E-state index in [1.807, 2.05) is 17.9 Å². The van der Waals surface area contributed by atoms with Crippen molar-refractivity contribution in [1.29, 1.82) is 0 Å². The number of nitro benzene ring substituents is 1. The van der Waals surface area contributed by atoms with Crippen LogP contribution in [0.1, 0.15) is 44.4 Å². The quantitative estimate of drug-likeness (QED) is 0.643. The maximum absolute atomic E-state index is 11.3. The zero-order valence-corrected chi connectivity index (χ0v) is 12.9. The van der Waals surface area contributed by atoms with Gasteiger partial charge in [0.2, 0.25) is 0 Å². The molecular formula is C15H19N5O2. The van der Waals surface area contributed by atoms with Gasteiger partial charge in [-0.15, -0.1) is 10.2 Å². The fourth-order valence-corrected chi connectivity index (χ4v) is 3.02. The largest absolute Gasteiger partial charge is 0.354 e.